The van der Waals surface area contributed by atoms with Crippen LogP contribution in [0.2, 0.25) is 0 Å². The van der Waals surface area contributed by atoms with Crippen molar-refractivity contribution in [3.63, 3.8) is 0 Å². The van der Waals surface area contributed by atoms with Gasteiger partial charge in [-0.2, -0.15) is 23.4 Å². The zero-order valence-electron chi connectivity index (χ0n) is 20.5. The normalized spacial score (nSPS) is 19.9. The number of alkyl halides is 3. The number of aromatic nitrogens is 3. The molecule has 0 N–H and O–H groups in total. The standard InChI is InChI=1S/C25H27F3N6O2/c1-15-12-34(16(2)17-5-7-18(8-6-17)25(26,27)28)20(14-36-4)13-33(15)23-22-21(32(3)24(35)31-23)10-9-19(11-29)30-22/h5-10,15-16,20H,12-14H2,1-4H3/t15-,16?,20-/m0/s1. The Kier molecular flexibility index (Phi) is 7.02. The van der Waals surface area contributed by atoms with Gasteiger partial charge >= 0.3 is 11.9 Å². The quantitative estimate of drug-likeness (QED) is 0.530. The second-order valence-electron chi connectivity index (χ2n) is 9.06. The molecule has 1 aromatic carbocycles. The van der Waals surface area contributed by atoms with E-state index in [2.05, 4.69) is 14.9 Å². The minimum Gasteiger partial charge on any atom is -0.383 e. The summed E-state index contributed by atoms with van der Waals surface area (Å²) in [5, 5.41) is 9.35. The lowest BCUT2D eigenvalue weighted by Gasteiger charge is -2.48. The van der Waals surface area contributed by atoms with E-state index in [1.165, 1.54) is 16.7 Å². The van der Waals surface area contributed by atoms with Gasteiger partial charge in [-0.25, -0.2) is 9.78 Å². The number of ether oxygens (including phenoxy) is 1. The first-order valence-corrected chi connectivity index (χ1v) is 11.5. The van der Waals surface area contributed by atoms with Gasteiger partial charge in [0.25, 0.3) is 0 Å². The molecule has 4 rings (SSSR count). The summed E-state index contributed by atoms with van der Waals surface area (Å²) >= 11 is 0. The third-order valence-corrected chi connectivity index (χ3v) is 6.78. The van der Waals surface area contributed by atoms with Gasteiger partial charge in [0, 0.05) is 39.3 Å². The van der Waals surface area contributed by atoms with Crippen molar-refractivity contribution in [2.75, 3.05) is 31.7 Å². The van der Waals surface area contributed by atoms with E-state index >= 15 is 0 Å². The van der Waals surface area contributed by atoms with Crippen LogP contribution in [0.1, 0.15) is 36.7 Å². The molecule has 190 valence electrons. The number of piperazine rings is 1. The average molecular weight is 501 g/mol. The van der Waals surface area contributed by atoms with Gasteiger partial charge in [0.15, 0.2) is 5.82 Å². The molecule has 0 aliphatic carbocycles. The Morgan fingerprint density at radius 1 is 1.17 bits per heavy atom. The van der Waals surface area contributed by atoms with Crippen molar-refractivity contribution in [3.8, 4) is 6.07 Å². The van der Waals surface area contributed by atoms with E-state index in [4.69, 9.17) is 4.74 Å². The Hall–Kier alpha value is -3.49. The van der Waals surface area contributed by atoms with Crippen LogP contribution in [0.5, 0.6) is 0 Å². The van der Waals surface area contributed by atoms with E-state index in [1.54, 1.807) is 26.3 Å². The van der Waals surface area contributed by atoms with Gasteiger partial charge in [0.1, 0.15) is 17.3 Å². The van der Waals surface area contributed by atoms with Crippen LogP contribution in [0.3, 0.4) is 0 Å². The molecule has 11 heteroatoms. The highest BCUT2D eigenvalue weighted by atomic mass is 19.4. The predicted molar refractivity (Wildman–Crippen MR) is 129 cm³/mol. The van der Waals surface area contributed by atoms with Gasteiger partial charge in [-0.15, -0.1) is 0 Å². The van der Waals surface area contributed by atoms with Gasteiger partial charge in [0.05, 0.1) is 23.7 Å². The number of methoxy groups -OCH3 is 1. The van der Waals surface area contributed by atoms with Crippen molar-refractivity contribution in [1.82, 2.24) is 19.4 Å². The number of anilines is 1. The van der Waals surface area contributed by atoms with Gasteiger partial charge in [-0.1, -0.05) is 12.1 Å². The van der Waals surface area contributed by atoms with Gasteiger partial charge in [-0.3, -0.25) is 9.47 Å². The number of aryl methyl sites for hydroxylation is 1. The number of fused-ring (bicyclic) bond motifs is 1. The molecular weight excluding hydrogens is 473 g/mol. The summed E-state index contributed by atoms with van der Waals surface area (Å²) in [6, 6.07) is 10.1. The second kappa shape index (κ2) is 9.87. The van der Waals surface area contributed by atoms with Crippen LogP contribution >= 0.6 is 0 Å². The van der Waals surface area contributed by atoms with Crippen molar-refractivity contribution < 1.29 is 17.9 Å². The molecule has 2 aromatic heterocycles. The Morgan fingerprint density at radius 3 is 2.47 bits per heavy atom. The molecule has 1 aliphatic rings. The van der Waals surface area contributed by atoms with E-state index in [9.17, 15) is 23.2 Å². The molecule has 0 bridgehead atoms. The first kappa shape index (κ1) is 25.6. The number of nitriles is 1. The molecule has 1 aliphatic heterocycles. The van der Waals surface area contributed by atoms with Gasteiger partial charge in [0.2, 0.25) is 0 Å². The summed E-state index contributed by atoms with van der Waals surface area (Å²) in [4.78, 5) is 25.6. The largest absolute Gasteiger partial charge is 0.416 e. The van der Waals surface area contributed by atoms with Crippen LogP contribution in [0.25, 0.3) is 11.0 Å². The number of nitrogens with zero attached hydrogens (tertiary/aromatic N) is 6. The molecule has 3 heterocycles. The van der Waals surface area contributed by atoms with Crippen molar-refractivity contribution >= 4 is 16.9 Å². The van der Waals surface area contributed by atoms with Crippen molar-refractivity contribution in [3.05, 3.63) is 63.7 Å². The molecule has 0 saturated carbocycles. The predicted octanol–water partition coefficient (Wildman–Crippen LogP) is 3.51. The Balaban J connectivity index is 1.69. The monoisotopic (exact) mass is 500 g/mol. The summed E-state index contributed by atoms with van der Waals surface area (Å²) in [6.07, 6.45) is -4.39. The molecule has 3 aromatic rings. The number of rotatable bonds is 5. The molecule has 0 spiro atoms. The fourth-order valence-corrected chi connectivity index (χ4v) is 4.79. The molecule has 36 heavy (non-hydrogen) atoms. The van der Waals surface area contributed by atoms with E-state index in [0.29, 0.717) is 36.5 Å². The van der Waals surface area contributed by atoms with Crippen LogP contribution in [-0.4, -0.2) is 58.3 Å². The molecular formula is C25H27F3N6O2. The molecule has 0 radical (unpaired) electrons. The van der Waals surface area contributed by atoms with Crippen LogP contribution in [-0.2, 0) is 18.0 Å². The summed E-state index contributed by atoms with van der Waals surface area (Å²) < 4.78 is 45.9. The van der Waals surface area contributed by atoms with Gasteiger partial charge < -0.3 is 9.64 Å². The Bertz CT molecular complexity index is 1350. The molecule has 1 saturated heterocycles. The smallest absolute Gasteiger partial charge is 0.383 e. The minimum atomic E-state index is -4.39. The zero-order chi connectivity index (χ0) is 26.2. The SMILES string of the molecule is COC[C@@H]1CN(c2nc(=O)n(C)c3ccc(C#N)nc23)[C@@H](C)CN1C(C)c1ccc(C(F)(F)F)cc1. The highest BCUT2D eigenvalue weighted by molar-refractivity contribution is 5.86. The van der Waals surface area contributed by atoms with Crippen molar-refractivity contribution in [2.45, 2.75) is 38.1 Å². The Morgan fingerprint density at radius 2 is 1.86 bits per heavy atom. The fraction of sp³-hybridized carbons (Fsp3) is 0.440. The van der Waals surface area contributed by atoms with Gasteiger partial charge in [-0.05, 0) is 43.7 Å². The van der Waals surface area contributed by atoms with Crippen LogP contribution in [0.4, 0.5) is 19.0 Å². The van der Waals surface area contributed by atoms with E-state index < -0.39 is 17.4 Å². The third kappa shape index (κ3) is 4.79. The first-order valence-electron chi connectivity index (χ1n) is 11.5. The number of halogens is 3. The second-order valence-corrected chi connectivity index (χ2v) is 9.06. The summed E-state index contributed by atoms with van der Waals surface area (Å²) in [7, 11) is 3.20. The average Bonchev–Trinajstić information content (AvgIpc) is 2.86. The number of hydrogen-bond donors (Lipinski definition) is 0. The lowest BCUT2D eigenvalue weighted by Crippen LogP contribution is -2.59. The summed E-state index contributed by atoms with van der Waals surface area (Å²) in [5.41, 5.74) is 0.906. The zero-order valence-corrected chi connectivity index (χ0v) is 20.5. The van der Waals surface area contributed by atoms with E-state index in [0.717, 1.165) is 17.7 Å². The minimum absolute atomic E-state index is 0.106. The maximum Gasteiger partial charge on any atom is 0.416 e. The highest BCUT2D eigenvalue weighted by Gasteiger charge is 2.37. The lowest BCUT2D eigenvalue weighted by molar-refractivity contribution is -0.137. The summed E-state index contributed by atoms with van der Waals surface area (Å²) in [6.45, 7) is 5.32. The van der Waals surface area contributed by atoms with Crippen LogP contribution in [0, 0.1) is 11.3 Å². The number of pyridine rings is 1. The molecule has 3 atom stereocenters. The third-order valence-electron chi connectivity index (χ3n) is 6.78. The highest BCUT2D eigenvalue weighted by Crippen LogP contribution is 2.34. The fourth-order valence-electron chi connectivity index (χ4n) is 4.79. The van der Waals surface area contributed by atoms with Crippen LogP contribution < -0.4 is 10.6 Å². The summed E-state index contributed by atoms with van der Waals surface area (Å²) in [5.74, 6) is 0.403. The van der Waals surface area contributed by atoms with E-state index in [-0.39, 0.29) is 23.8 Å². The number of benzene rings is 1. The molecule has 0 amide bonds. The molecule has 8 nitrogen and oxygen atoms in total. The van der Waals surface area contributed by atoms with Crippen molar-refractivity contribution in [2.24, 2.45) is 7.05 Å². The molecule has 1 unspecified atom stereocenters. The van der Waals surface area contributed by atoms with Crippen molar-refractivity contribution in [1.29, 1.82) is 5.26 Å². The topological polar surface area (TPSA) is 87.3 Å². The first-order chi connectivity index (χ1) is 17.0. The maximum atomic E-state index is 13.0. The lowest BCUT2D eigenvalue weighted by atomic mass is 9.99. The molecule has 1 fully saturated rings. The maximum absolute atomic E-state index is 13.0. The Labute approximate surface area is 206 Å². The number of hydrogen-bond acceptors (Lipinski definition) is 7. The van der Waals surface area contributed by atoms with Crippen LogP contribution in [0.15, 0.2) is 41.2 Å². The van der Waals surface area contributed by atoms with E-state index in [1.807, 2.05) is 24.8 Å².